The molecule has 0 saturated carbocycles. The molecule has 2 aliphatic rings. The number of carbonyl (C=O) groups is 1. The number of hydrogen-bond acceptors (Lipinski definition) is 3. The zero-order valence-corrected chi connectivity index (χ0v) is 25.3. The van der Waals surface area contributed by atoms with Crippen LogP contribution in [0.3, 0.4) is 0 Å². The van der Waals surface area contributed by atoms with Gasteiger partial charge >= 0.3 is 6.18 Å². The molecule has 4 nitrogen and oxygen atoms in total. The number of likely N-dealkylation sites (tertiary alicyclic amines) is 1. The van der Waals surface area contributed by atoms with Gasteiger partial charge in [-0.1, -0.05) is 48.0 Å². The molecule has 1 amide bonds. The first-order chi connectivity index (χ1) is 20.4. The third-order valence-corrected chi connectivity index (χ3v) is 9.58. The van der Waals surface area contributed by atoms with E-state index in [1.807, 2.05) is 18.0 Å². The second-order valence-corrected chi connectivity index (χ2v) is 12.3. The topological polar surface area (TPSA) is 35.6 Å². The number of hydrogen-bond donors (Lipinski definition) is 1. The molecule has 43 heavy (non-hydrogen) atoms. The van der Waals surface area contributed by atoms with Gasteiger partial charge in [-0.25, -0.2) is 4.39 Å². The van der Waals surface area contributed by atoms with E-state index in [0.29, 0.717) is 34.1 Å². The highest BCUT2D eigenvalue weighted by Gasteiger charge is 2.42. The van der Waals surface area contributed by atoms with Crippen LogP contribution in [-0.2, 0) is 22.9 Å². The van der Waals surface area contributed by atoms with Gasteiger partial charge in [0.1, 0.15) is 5.82 Å². The van der Waals surface area contributed by atoms with Gasteiger partial charge in [0.15, 0.2) is 0 Å². The van der Waals surface area contributed by atoms with E-state index in [4.69, 9.17) is 23.2 Å². The molecule has 1 unspecified atom stereocenters. The quantitative estimate of drug-likeness (QED) is 0.266. The number of nitrogens with one attached hydrogen (secondary N) is 1. The Morgan fingerprint density at radius 1 is 1.05 bits per heavy atom. The monoisotopic (exact) mass is 633 g/mol. The van der Waals surface area contributed by atoms with E-state index in [9.17, 15) is 22.4 Å². The summed E-state index contributed by atoms with van der Waals surface area (Å²) in [7, 11) is 1.96. The number of amides is 1. The molecular weight excluding hydrogens is 601 g/mol. The van der Waals surface area contributed by atoms with Crippen LogP contribution in [0.25, 0.3) is 0 Å². The largest absolute Gasteiger partial charge is 0.416 e. The molecule has 2 aliphatic heterocycles. The predicted octanol–water partition coefficient (Wildman–Crippen LogP) is 8.33. The van der Waals surface area contributed by atoms with Crippen LogP contribution in [0.2, 0.25) is 10.0 Å². The second kappa shape index (κ2) is 12.5. The van der Waals surface area contributed by atoms with Crippen molar-refractivity contribution in [2.75, 3.05) is 31.6 Å². The van der Waals surface area contributed by atoms with Crippen molar-refractivity contribution in [3.05, 3.63) is 111 Å². The first-order valence-corrected chi connectivity index (χ1v) is 14.9. The number of carbonyl (C=O) groups excluding carboxylic acids is 1. The summed E-state index contributed by atoms with van der Waals surface area (Å²) in [6.45, 7) is 6.39. The Hall–Kier alpha value is -3.07. The Bertz CT molecular complexity index is 1520. The van der Waals surface area contributed by atoms with Crippen molar-refractivity contribution < 1.29 is 22.4 Å². The zero-order valence-electron chi connectivity index (χ0n) is 23.8. The standard InChI is InChI=1S/C33H33Cl2F4N3O/c1-21-19-32(27-18-25(36)7-9-30(27)41(21)2)11-14-42(15-12-32)13-10-26(23-6-8-28(34)29(35)17-23)31(43)40-20-22-4-3-5-24(16-22)33(37,38)39/h3-9,16-18,26H,1,10-15,19-20H2,2H3,(H,40,43). The predicted molar refractivity (Wildman–Crippen MR) is 163 cm³/mol. The maximum absolute atomic E-state index is 14.3. The van der Waals surface area contributed by atoms with Gasteiger partial charge in [-0.05, 0) is 104 Å². The van der Waals surface area contributed by atoms with E-state index in [1.54, 1.807) is 30.3 Å². The molecule has 0 radical (unpaired) electrons. The third kappa shape index (κ3) is 6.87. The number of nitrogens with zero attached hydrogens (tertiary/aromatic N) is 2. The van der Waals surface area contributed by atoms with Gasteiger partial charge < -0.3 is 15.1 Å². The number of allylic oxidation sites excluding steroid dienone is 1. The fourth-order valence-corrected chi connectivity index (χ4v) is 6.62. The van der Waals surface area contributed by atoms with Crippen LogP contribution in [0.5, 0.6) is 0 Å². The molecule has 1 spiro atoms. The highest BCUT2D eigenvalue weighted by molar-refractivity contribution is 6.42. The van der Waals surface area contributed by atoms with E-state index in [2.05, 4.69) is 16.8 Å². The summed E-state index contributed by atoms with van der Waals surface area (Å²) in [5.41, 5.74) is 3.09. The molecule has 228 valence electrons. The highest BCUT2D eigenvalue weighted by atomic mass is 35.5. The third-order valence-electron chi connectivity index (χ3n) is 8.84. The van der Waals surface area contributed by atoms with Crippen molar-refractivity contribution in [3.8, 4) is 0 Å². The van der Waals surface area contributed by atoms with Crippen molar-refractivity contribution in [1.82, 2.24) is 10.2 Å². The number of fused-ring (bicyclic) bond motifs is 2. The lowest BCUT2D eigenvalue weighted by Gasteiger charge is -2.48. The van der Waals surface area contributed by atoms with Gasteiger partial charge in [0.2, 0.25) is 5.91 Å². The van der Waals surface area contributed by atoms with E-state index >= 15 is 0 Å². The van der Waals surface area contributed by atoms with Crippen LogP contribution in [-0.4, -0.2) is 37.5 Å². The number of piperidine rings is 1. The molecule has 1 saturated heterocycles. The van der Waals surface area contributed by atoms with Crippen molar-refractivity contribution >= 4 is 34.8 Å². The molecule has 1 N–H and O–H groups in total. The molecule has 1 fully saturated rings. The maximum Gasteiger partial charge on any atom is 0.416 e. The molecule has 2 heterocycles. The van der Waals surface area contributed by atoms with Crippen molar-refractivity contribution in [3.63, 3.8) is 0 Å². The Balaban J connectivity index is 1.28. The molecule has 1 atom stereocenters. The number of anilines is 1. The smallest absolute Gasteiger partial charge is 0.351 e. The lowest BCUT2D eigenvalue weighted by atomic mass is 9.67. The molecule has 3 aromatic carbocycles. The molecule has 3 aromatic rings. The lowest BCUT2D eigenvalue weighted by Crippen LogP contribution is -2.47. The lowest BCUT2D eigenvalue weighted by molar-refractivity contribution is -0.137. The van der Waals surface area contributed by atoms with Crippen LogP contribution in [0, 0.1) is 5.82 Å². The van der Waals surface area contributed by atoms with E-state index in [1.165, 1.54) is 12.1 Å². The van der Waals surface area contributed by atoms with Crippen LogP contribution in [0.1, 0.15) is 53.9 Å². The first kappa shape index (κ1) is 31.4. The number of rotatable bonds is 7. The molecule has 0 aliphatic carbocycles. The van der Waals surface area contributed by atoms with Crippen LogP contribution in [0.4, 0.5) is 23.2 Å². The maximum atomic E-state index is 14.3. The average molecular weight is 635 g/mol. The zero-order chi connectivity index (χ0) is 30.9. The van der Waals surface area contributed by atoms with E-state index in [-0.39, 0.29) is 23.7 Å². The molecule has 5 rings (SSSR count). The van der Waals surface area contributed by atoms with Crippen LogP contribution >= 0.6 is 23.2 Å². The SMILES string of the molecule is C=C1CC2(CCN(CCC(C(=O)NCc3cccc(C(F)(F)F)c3)c3ccc(Cl)c(Cl)c3)CC2)c2cc(F)ccc2N1C. The average Bonchev–Trinajstić information content (AvgIpc) is 2.97. The summed E-state index contributed by atoms with van der Waals surface area (Å²) in [4.78, 5) is 17.8. The van der Waals surface area contributed by atoms with Gasteiger partial charge in [0, 0.05) is 30.4 Å². The van der Waals surface area contributed by atoms with E-state index < -0.39 is 17.7 Å². The minimum atomic E-state index is -4.47. The Kier molecular flexibility index (Phi) is 9.12. The number of alkyl halides is 3. The Morgan fingerprint density at radius 2 is 1.79 bits per heavy atom. The summed E-state index contributed by atoms with van der Waals surface area (Å²) in [6.07, 6.45) is -1.57. The Morgan fingerprint density at radius 3 is 2.49 bits per heavy atom. The minimum Gasteiger partial charge on any atom is -0.351 e. The fourth-order valence-electron chi connectivity index (χ4n) is 6.31. The second-order valence-electron chi connectivity index (χ2n) is 11.5. The summed E-state index contributed by atoms with van der Waals surface area (Å²) >= 11 is 12.4. The van der Waals surface area contributed by atoms with Crippen LogP contribution < -0.4 is 10.2 Å². The normalized spacial score (nSPS) is 17.6. The summed E-state index contributed by atoms with van der Waals surface area (Å²) in [5.74, 6) is -1.14. The first-order valence-electron chi connectivity index (χ1n) is 14.2. The number of halogens is 6. The van der Waals surface area contributed by atoms with Crippen LogP contribution in [0.15, 0.2) is 72.9 Å². The minimum absolute atomic E-state index is 0.0406. The number of benzene rings is 3. The molecule has 10 heteroatoms. The summed E-state index contributed by atoms with van der Waals surface area (Å²) in [5, 5.41) is 3.51. The Labute approximate surface area is 259 Å². The van der Waals surface area contributed by atoms with Crippen molar-refractivity contribution in [2.45, 2.75) is 49.7 Å². The van der Waals surface area contributed by atoms with Gasteiger partial charge in [-0.2, -0.15) is 13.2 Å². The highest BCUT2D eigenvalue weighted by Crippen LogP contribution is 2.49. The summed E-state index contributed by atoms with van der Waals surface area (Å²) < 4.78 is 53.8. The van der Waals surface area contributed by atoms with Crippen molar-refractivity contribution in [1.29, 1.82) is 0 Å². The van der Waals surface area contributed by atoms with Crippen molar-refractivity contribution in [2.24, 2.45) is 0 Å². The van der Waals surface area contributed by atoms with Gasteiger partial charge in [0.05, 0.1) is 21.5 Å². The molecule has 0 aromatic heterocycles. The molecular formula is C33H33Cl2F4N3O. The van der Waals surface area contributed by atoms with Gasteiger partial charge in [-0.3, -0.25) is 4.79 Å². The van der Waals surface area contributed by atoms with Gasteiger partial charge in [0.25, 0.3) is 0 Å². The summed E-state index contributed by atoms with van der Waals surface area (Å²) in [6, 6.07) is 14.9. The molecule has 0 bridgehead atoms. The van der Waals surface area contributed by atoms with Gasteiger partial charge in [-0.15, -0.1) is 0 Å². The van der Waals surface area contributed by atoms with E-state index in [0.717, 1.165) is 61.4 Å². The fraction of sp³-hybridized carbons (Fsp3) is 0.364.